The fraction of sp³-hybridized carbons (Fsp3) is 0.0303. The summed E-state index contributed by atoms with van der Waals surface area (Å²) in [7, 11) is 0. The molecular weight excluding hydrogens is 837 g/mol. The lowest BCUT2D eigenvalue weighted by atomic mass is 9.97. The van der Waals surface area contributed by atoms with Crippen LogP contribution in [-0.4, -0.2) is 4.57 Å². The lowest BCUT2D eigenvalue weighted by molar-refractivity contribution is 0.670. The van der Waals surface area contributed by atoms with Gasteiger partial charge < -0.3 is 13.9 Å². The van der Waals surface area contributed by atoms with Crippen LogP contribution in [0.2, 0.25) is 0 Å². The number of para-hydroxylation sites is 3. The van der Waals surface area contributed by atoms with Crippen LogP contribution in [0.1, 0.15) is 17.7 Å². The summed E-state index contributed by atoms with van der Waals surface area (Å²) in [6, 6.07) is 87.7. The van der Waals surface area contributed by atoms with Crippen molar-refractivity contribution in [1.82, 2.24) is 4.57 Å². The predicted octanol–water partition coefficient (Wildman–Crippen LogP) is 18.3. The average molecular weight is 883 g/mol. The summed E-state index contributed by atoms with van der Waals surface area (Å²) >= 11 is 0. The molecular formula is C66H46N2O. The van der Waals surface area contributed by atoms with E-state index in [-0.39, 0.29) is 0 Å². The van der Waals surface area contributed by atoms with E-state index < -0.39 is 0 Å². The first-order valence-electron chi connectivity index (χ1n) is 23.9. The minimum atomic E-state index is 0.902. The highest BCUT2D eigenvalue weighted by Gasteiger charge is 2.22. The van der Waals surface area contributed by atoms with Crippen molar-refractivity contribution in [2.75, 3.05) is 4.90 Å². The Labute approximate surface area is 402 Å². The zero-order chi connectivity index (χ0) is 45.7. The van der Waals surface area contributed by atoms with Crippen LogP contribution < -0.4 is 4.90 Å². The molecule has 10 aromatic carbocycles. The van der Waals surface area contributed by atoms with Crippen molar-refractivity contribution < 1.29 is 4.42 Å². The summed E-state index contributed by atoms with van der Waals surface area (Å²) in [4.78, 5) is 2.36. The number of nitrogens with zero attached hydrogens (tertiary/aromatic N) is 2. The highest BCUT2D eigenvalue weighted by molar-refractivity contribution is 6.09. The van der Waals surface area contributed by atoms with Gasteiger partial charge in [0.05, 0.1) is 11.2 Å². The standard InChI is InChI=1S/C66H46N2O/c1-3-14-45(15-4-1)47-26-28-48(29-27-47)49-30-37-53(38-31-49)67(55-41-34-51(35-42-55)57-21-13-22-61-60-20-9-12-25-65(60)69-66(57)61)54-39-32-50(33-40-54)56-43-36-52(46-16-5-2-6-17-46)44-64(56)68-62-23-10-7-18-58(62)59-19-8-11-24-63(59)68/h1-7,9-18,20-44H,8,19H2. The minimum absolute atomic E-state index is 0.902. The second-order valence-electron chi connectivity index (χ2n) is 18.0. The van der Waals surface area contributed by atoms with Gasteiger partial charge in [-0.25, -0.2) is 0 Å². The molecule has 0 saturated heterocycles. The van der Waals surface area contributed by atoms with Gasteiger partial charge in [0, 0.05) is 50.0 Å². The molecule has 1 aliphatic carbocycles. The van der Waals surface area contributed by atoms with E-state index in [4.69, 9.17) is 4.42 Å². The number of rotatable bonds is 9. The molecule has 2 heterocycles. The second kappa shape index (κ2) is 17.1. The Morgan fingerprint density at radius 2 is 0.870 bits per heavy atom. The van der Waals surface area contributed by atoms with Crippen molar-refractivity contribution in [3.05, 3.63) is 260 Å². The lowest BCUT2D eigenvalue weighted by Crippen LogP contribution is -2.10. The molecule has 0 bridgehead atoms. The maximum absolute atomic E-state index is 6.47. The molecule has 0 aliphatic heterocycles. The maximum Gasteiger partial charge on any atom is 0.143 e. The molecule has 0 atom stereocenters. The van der Waals surface area contributed by atoms with Crippen LogP contribution in [0.15, 0.2) is 253 Å². The molecule has 69 heavy (non-hydrogen) atoms. The topological polar surface area (TPSA) is 21.3 Å². The molecule has 0 amide bonds. The summed E-state index contributed by atoms with van der Waals surface area (Å²) in [6.07, 6.45) is 6.74. The zero-order valence-corrected chi connectivity index (χ0v) is 38.0. The van der Waals surface area contributed by atoms with E-state index in [9.17, 15) is 0 Å². The quantitative estimate of drug-likeness (QED) is 0.144. The molecule has 13 rings (SSSR count). The van der Waals surface area contributed by atoms with Crippen LogP contribution in [0.4, 0.5) is 17.1 Å². The van der Waals surface area contributed by atoms with E-state index in [1.807, 2.05) is 12.1 Å². The van der Waals surface area contributed by atoms with Gasteiger partial charge in [0.25, 0.3) is 0 Å². The van der Waals surface area contributed by atoms with Gasteiger partial charge in [0.2, 0.25) is 0 Å². The Balaban J connectivity index is 0.909. The molecule has 2 aromatic heterocycles. The Morgan fingerprint density at radius 1 is 0.377 bits per heavy atom. The fourth-order valence-corrected chi connectivity index (χ4v) is 10.5. The minimum Gasteiger partial charge on any atom is -0.455 e. The van der Waals surface area contributed by atoms with E-state index in [1.54, 1.807) is 0 Å². The predicted molar refractivity (Wildman–Crippen MR) is 290 cm³/mol. The number of aromatic nitrogens is 1. The van der Waals surface area contributed by atoms with Gasteiger partial charge in [0.1, 0.15) is 11.2 Å². The Morgan fingerprint density at radius 3 is 1.52 bits per heavy atom. The fourth-order valence-electron chi connectivity index (χ4n) is 10.5. The molecule has 3 heteroatoms. The summed E-state index contributed by atoms with van der Waals surface area (Å²) in [6.45, 7) is 0. The van der Waals surface area contributed by atoms with Gasteiger partial charge in [-0.15, -0.1) is 0 Å². The first kappa shape index (κ1) is 40.4. The molecule has 0 fully saturated rings. The normalized spacial score (nSPS) is 12.2. The summed E-state index contributed by atoms with van der Waals surface area (Å²) in [5.41, 5.74) is 21.8. The van der Waals surface area contributed by atoms with E-state index in [1.165, 1.54) is 66.8 Å². The van der Waals surface area contributed by atoms with Crippen LogP contribution in [0.3, 0.4) is 0 Å². The summed E-state index contributed by atoms with van der Waals surface area (Å²) < 4.78 is 8.97. The van der Waals surface area contributed by atoms with E-state index in [2.05, 4.69) is 252 Å². The van der Waals surface area contributed by atoms with Crippen LogP contribution in [0.5, 0.6) is 0 Å². The number of hydrogen-bond donors (Lipinski definition) is 0. The third-order valence-corrected chi connectivity index (χ3v) is 13.9. The first-order valence-corrected chi connectivity index (χ1v) is 23.9. The Bertz CT molecular complexity index is 3840. The molecule has 0 saturated carbocycles. The largest absolute Gasteiger partial charge is 0.455 e. The summed E-state index contributed by atoms with van der Waals surface area (Å²) in [5, 5.41) is 3.59. The summed E-state index contributed by atoms with van der Waals surface area (Å²) in [5.74, 6) is 0. The Hall–Kier alpha value is -8.92. The molecule has 1 aliphatic rings. The number of hydrogen-bond acceptors (Lipinski definition) is 2. The van der Waals surface area contributed by atoms with Crippen molar-refractivity contribution in [2.24, 2.45) is 0 Å². The number of aryl methyl sites for hydroxylation is 1. The van der Waals surface area contributed by atoms with Crippen molar-refractivity contribution in [2.45, 2.75) is 12.8 Å². The van der Waals surface area contributed by atoms with E-state index >= 15 is 0 Å². The lowest BCUT2D eigenvalue weighted by Gasteiger charge is -2.26. The van der Waals surface area contributed by atoms with Gasteiger partial charge in [-0.3, -0.25) is 0 Å². The zero-order valence-electron chi connectivity index (χ0n) is 38.0. The van der Waals surface area contributed by atoms with E-state index in [0.717, 1.165) is 68.5 Å². The third kappa shape index (κ3) is 7.24. The smallest absolute Gasteiger partial charge is 0.143 e. The number of allylic oxidation sites excluding steroid dienone is 1. The SMILES string of the molecule is C1=Cc2c(c3ccccc3n2-c2cc(-c3ccccc3)ccc2-c2ccc(N(c3ccc(-c4ccc(-c5ccccc5)cc4)cc3)c3ccc(-c4cccc5c4oc4ccccc45)cc3)cc2)CC1. The number of fused-ring (bicyclic) bond motifs is 6. The van der Waals surface area contributed by atoms with Crippen molar-refractivity contribution in [3.63, 3.8) is 0 Å². The molecule has 3 nitrogen and oxygen atoms in total. The number of anilines is 3. The molecule has 326 valence electrons. The van der Waals surface area contributed by atoms with E-state index in [0.29, 0.717) is 0 Å². The van der Waals surface area contributed by atoms with Gasteiger partial charge in [-0.1, -0.05) is 194 Å². The van der Waals surface area contributed by atoms with Gasteiger partial charge in [-0.2, -0.15) is 0 Å². The molecule has 0 radical (unpaired) electrons. The molecule has 12 aromatic rings. The molecule has 0 N–H and O–H groups in total. The van der Waals surface area contributed by atoms with Crippen molar-refractivity contribution in [1.29, 1.82) is 0 Å². The van der Waals surface area contributed by atoms with Gasteiger partial charge in [0.15, 0.2) is 0 Å². The van der Waals surface area contributed by atoms with Crippen molar-refractivity contribution in [3.8, 4) is 61.3 Å². The van der Waals surface area contributed by atoms with Gasteiger partial charge in [-0.05, 0) is 124 Å². The number of furan rings is 1. The Kier molecular flexibility index (Phi) is 9.98. The average Bonchev–Trinajstić information content (AvgIpc) is 3.98. The van der Waals surface area contributed by atoms with Crippen LogP contribution >= 0.6 is 0 Å². The third-order valence-electron chi connectivity index (χ3n) is 13.9. The number of benzene rings is 10. The maximum atomic E-state index is 6.47. The van der Waals surface area contributed by atoms with Gasteiger partial charge >= 0.3 is 0 Å². The second-order valence-corrected chi connectivity index (χ2v) is 18.0. The highest BCUT2D eigenvalue weighted by Crippen LogP contribution is 2.43. The van der Waals surface area contributed by atoms with Crippen molar-refractivity contribution >= 4 is 56.0 Å². The molecule has 0 spiro atoms. The van der Waals surface area contributed by atoms with Crippen LogP contribution in [0.25, 0.3) is 100 Å². The molecule has 0 unspecified atom stereocenters. The van der Waals surface area contributed by atoms with Crippen LogP contribution in [-0.2, 0) is 6.42 Å². The first-order chi connectivity index (χ1) is 34.2. The highest BCUT2D eigenvalue weighted by atomic mass is 16.3. The van der Waals surface area contributed by atoms with Crippen LogP contribution in [0, 0.1) is 0 Å². The monoisotopic (exact) mass is 882 g/mol.